The van der Waals surface area contributed by atoms with Crippen molar-refractivity contribution in [2.24, 2.45) is 0 Å². The lowest BCUT2D eigenvalue weighted by molar-refractivity contribution is 0.101. The maximum absolute atomic E-state index is 12.9. The van der Waals surface area contributed by atoms with Crippen LogP contribution in [0.5, 0.6) is 11.5 Å². The van der Waals surface area contributed by atoms with Crippen LogP contribution >= 0.6 is 0 Å². The molecule has 0 unspecified atom stereocenters. The highest BCUT2D eigenvalue weighted by Crippen LogP contribution is 2.29. The van der Waals surface area contributed by atoms with Crippen LogP contribution in [0.2, 0.25) is 0 Å². The lowest BCUT2D eigenvalue weighted by Gasteiger charge is -2.13. The summed E-state index contributed by atoms with van der Waals surface area (Å²) in [6.07, 6.45) is 0. The molecule has 0 fully saturated rings. The number of amides is 1. The molecule has 0 bridgehead atoms. The molecule has 0 atom stereocenters. The number of ether oxygens (including phenoxy) is 2. The molecule has 7 nitrogen and oxygen atoms in total. The molecule has 4 aromatic carbocycles. The second kappa shape index (κ2) is 9.76. The van der Waals surface area contributed by atoms with Crippen molar-refractivity contribution < 1.29 is 19.1 Å². The minimum atomic E-state index is -0.337. The summed E-state index contributed by atoms with van der Waals surface area (Å²) < 4.78 is 10.7. The van der Waals surface area contributed by atoms with E-state index in [1.165, 1.54) is 14.2 Å². The van der Waals surface area contributed by atoms with Crippen LogP contribution in [-0.2, 0) is 0 Å². The average molecular weight is 478 g/mol. The standard InChI is InChI=1S/C29H23N3O4/c1-35-24-9-6-10-25(36-2)26(24)29(34)30-21-14-11-19(12-15-21)28-31-22-16-13-20(17-23(22)32-28)27(33)18-7-4-3-5-8-18/h3-17H,1-2H3,(H,30,34)(H,31,32). The molecule has 1 aromatic heterocycles. The van der Waals surface area contributed by atoms with Gasteiger partial charge in [0.15, 0.2) is 5.78 Å². The number of carbonyl (C=O) groups is 2. The predicted molar refractivity (Wildman–Crippen MR) is 139 cm³/mol. The Labute approximate surface area is 207 Å². The minimum Gasteiger partial charge on any atom is -0.496 e. The van der Waals surface area contributed by atoms with E-state index in [0.717, 1.165) is 16.6 Å². The first-order valence-electron chi connectivity index (χ1n) is 11.3. The lowest BCUT2D eigenvalue weighted by Crippen LogP contribution is -2.14. The quantitative estimate of drug-likeness (QED) is 0.292. The zero-order valence-electron chi connectivity index (χ0n) is 19.7. The van der Waals surface area contributed by atoms with E-state index < -0.39 is 0 Å². The molecule has 0 aliphatic rings. The van der Waals surface area contributed by atoms with Crippen molar-refractivity contribution in [3.05, 3.63) is 108 Å². The Morgan fingerprint density at radius 1 is 0.778 bits per heavy atom. The molecule has 7 heteroatoms. The number of methoxy groups -OCH3 is 2. The van der Waals surface area contributed by atoms with Gasteiger partial charge in [-0.15, -0.1) is 0 Å². The largest absolute Gasteiger partial charge is 0.496 e. The van der Waals surface area contributed by atoms with E-state index >= 15 is 0 Å². The van der Waals surface area contributed by atoms with Crippen molar-refractivity contribution in [1.82, 2.24) is 9.97 Å². The van der Waals surface area contributed by atoms with E-state index in [9.17, 15) is 9.59 Å². The summed E-state index contributed by atoms with van der Waals surface area (Å²) in [5, 5.41) is 2.88. The van der Waals surface area contributed by atoms with Gasteiger partial charge in [-0.05, 0) is 54.6 Å². The van der Waals surface area contributed by atoms with Gasteiger partial charge in [-0.2, -0.15) is 0 Å². The highest BCUT2D eigenvalue weighted by Gasteiger charge is 2.18. The van der Waals surface area contributed by atoms with Crippen LogP contribution in [-0.4, -0.2) is 35.9 Å². The van der Waals surface area contributed by atoms with Crippen LogP contribution in [0.4, 0.5) is 5.69 Å². The SMILES string of the molecule is COc1cccc(OC)c1C(=O)Nc1ccc(-c2nc3ccc(C(=O)c4ccccc4)cc3[nH]2)cc1. The number of nitrogens with zero attached hydrogens (tertiary/aromatic N) is 1. The number of nitrogens with one attached hydrogen (secondary N) is 2. The molecule has 1 amide bonds. The van der Waals surface area contributed by atoms with Crippen LogP contribution < -0.4 is 14.8 Å². The Bertz CT molecular complexity index is 1540. The fourth-order valence-electron chi connectivity index (χ4n) is 4.02. The number of rotatable bonds is 7. The molecule has 36 heavy (non-hydrogen) atoms. The van der Waals surface area contributed by atoms with Gasteiger partial charge in [-0.1, -0.05) is 36.4 Å². The van der Waals surface area contributed by atoms with Crippen molar-refractivity contribution in [3.8, 4) is 22.9 Å². The molecule has 0 aliphatic carbocycles. The summed E-state index contributed by atoms with van der Waals surface area (Å²) in [7, 11) is 3.02. The molecule has 178 valence electrons. The fourth-order valence-corrected chi connectivity index (χ4v) is 4.02. The van der Waals surface area contributed by atoms with Crippen molar-refractivity contribution in [3.63, 3.8) is 0 Å². The van der Waals surface area contributed by atoms with E-state index in [4.69, 9.17) is 9.47 Å². The topological polar surface area (TPSA) is 93.3 Å². The van der Waals surface area contributed by atoms with Gasteiger partial charge in [0.05, 0.1) is 25.3 Å². The summed E-state index contributed by atoms with van der Waals surface area (Å²) in [6.45, 7) is 0. The minimum absolute atomic E-state index is 0.0413. The number of fused-ring (bicyclic) bond motifs is 1. The second-order valence-corrected chi connectivity index (χ2v) is 8.08. The van der Waals surface area contributed by atoms with Crippen LogP contribution in [0.25, 0.3) is 22.4 Å². The van der Waals surface area contributed by atoms with Crippen molar-refractivity contribution in [1.29, 1.82) is 0 Å². The molecule has 0 saturated heterocycles. The third-order valence-corrected chi connectivity index (χ3v) is 5.85. The predicted octanol–water partition coefficient (Wildman–Crippen LogP) is 5.73. The molecular weight excluding hydrogens is 454 g/mol. The molecule has 1 heterocycles. The number of benzene rings is 4. The van der Waals surface area contributed by atoms with Gasteiger partial charge in [-0.25, -0.2) is 4.98 Å². The molecule has 2 N–H and O–H groups in total. The first kappa shape index (κ1) is 22.9. The third kappa shape index (κ3) is 4.42. The van der Waals surface area contributed by atoms with Crippen molar-refractivity contribution in [2.75, 3.05) is 19.5 Å². The number of imidazole rings is 1. The van der Waals surface area contributed by atoms with Crippen molar-refractivity contribution >= 4 is 28.4 Å². The summed E-state index contributed by atoms with van der Waals surface area (Å²) >= 11 is 0. The van der Waals surface area contributed by atoms with Crippen LogP contribution in [0.3, 0.4) is 0 Å². The molecule has 0 radical (unpaired) electrons. The van der Waals surface area contributed by atoms with Gasteiger partial charge in [0.1, 0.15) is 22.9 Å². The molecule has 5 aromatic rings. The van der Waals surface area contributed by atoms with E-state index in [0.29, 0.717) is 39.7 Å². The summed E-state index contributed by atoms with van der Waals surface area (Å²) in [6, 6.07) is 27.1. The van der Waals surface area contributed by atoms with Gasteiger partial charge in [0.2, 0.25) is 0 Å². The number of ketones is 1. The Hall–Kier alpha value is -4.91. The lowest BCUT2D eigenvalue weighted by atomic mass is 10.0. The van der Waals surface area contributed by atoms with E-state index in [1.807, 2.05) is 42.5 Å². The zero-order chi connectivity index (χ0) is 25.1. The highest BCUT2D eigenvalue weighted by molar-refractivity contribution is 6.10. The van der Waals surface area contributed by atoms with Crippen LogP contribution in [0, 0.1) is 0 Å². The van der Waals surface area contributed by atoms with Gasteiger partial charge in [0, 0.05) is 22.4 Å². The maximum atomic E-state index is 12.9. The Morgan fingerprint density at radius 3 is 2.14 bits per heavy atom. The number of carbonyl (C=O) groups excluding carboxylic acids is 2. The first-order chi connectivity index (χ1) is 17.6. The maximum Gasteiger partial charge on any atom is 0.263 e. The fraction of sp³-hybridized carbons (Fsp3) is 0.0690. The van der Waals surface area contributed by atoms with Gasteiger partial charge in [0.25, 0.3) is 5.91 Å². The molecular formula is C29H23N3O4. The zero-order valence-corrected chi connectivity index (χ0v) is 19.7. The van der Waals surface area contributed by atoms with Crippen LogP contribution in [0.1, 0.15) is 26.3 Å². The van der Waals surface area contributed by atoms with Gasteiger partial charge >= 0.3 is 0 Å². The number of anilines is 1. The van der Waals surface area contributed by atoms with Gasteiger partial charge < -0.3 is 19.8 Å². The Morgan fingerprint density at radius 2 is 1.47 bits per heavy atom. The van der Waals surface area contributed by atoms with E-state index in [2.05, 4.69) is 15.3 Å². The number of hydrogen-bond donors (Lipinski definition) is 2. The number of aromatic nitrogens is 2. The summed E-state index contributed by atoms with van der Waals surface area (Å²) in [5.41, 5.74) is 4.54. The Kier molecular flexibility index (Phi) is 6.19. The molecule has 0 aliphatic heterocycles. The van der Waals surface area contributed by atoms with E-state index in [-0.39, 0.29) is 11.7 Å². The average Bonchev–Trinajstić information content (AvgIpc) is 3.36. The normalized spacial score (nSPS) is 10.7. The number of aromatic amines is 1. The van der Waals surface area contributed by atoms with Crippen molar-refractivity contribution in [2.45, 2.75) is 0 Å². The molecule has 5 rings (SSSR count). The molecule has 0 saturated carbocycles. The summed E-state index contributed by atoms with van der Waals surface area (Å²) in [5.74, 6) is 1.14. The second-order valence-electron chi connectivity index (χ2n) is 8.08. The van der Waals surface area contributed by atoms with Crippen LogP contribution in [0.15, 0.2) is 91.0 Å². The monoisotopic (exact) mass is 477 g/mol. The Balaban J connectivity index is 1.36. The summed E-state index contributed by atoms with van der Waals surface area (Å²) in [4.78, 5) is 33.7. The smallest absolute Gasteiger partial charge is 0.263 e. The highest BCUT2D eigenvalue weighted by atomic mass is 16.5. The molecule has 0 spiro atoms. The first-order valence-corrected chi connectivity index (χ1v) is 11.3. The third-order valence-electron chi connectivity index (χ3n) is 5.85. The van der Waals surface area contributed by atoms with Gasteiger partial charge in [-0.3, -0.25) is 9.59 Å². The van der Waals surface area contributed by atoms with E-state index in [1.54, 1.807) is 48.5 Å². The number of hydrogen-bond acceptors (Lipinski definition) is 5. The number of H-pyrrole nitrogens is 1.